The molecular formula is C18H22BN3O7. The molecule has 1 aromatic rings. The van der Waals surface area contributed by atoms with Crippen molar-refractivity contribution in [2.45, 2.75) is 31.3 Å². The molecule has 11 heteroatoms. The first-order chi connectivity index (χ1) is 13.9. The number of piperazine rings is 1. The Balaban J connectivity index is 1.58. The number of carboxylic acids is 1. The molecule has 4 N–H and O–H groups in total. The average molecular weight is 403 g/mol. The molecule has 0 aliphatic carbocycles. The van der Waals surface area contributed by atoms with Crippen molar-refractivity contribution in [1.82, 2.24) is 15.5 Å². The van der Waals surface area contributed by atoms with Crippen LogP contribution in [0.3, 0.4) is 0 Å². The molecule has 2 fully saturated rings. The second-order valence-electron chi connectivity index (χ2n) is 7.00. The molecule has 1 atom stereocenters. The van der Waals surface area contributed by atoms with E-state index in [-0.39, 0.29) is 55.4 Å². The predicted molar refractivity (Wildman–Crippen MR) is 100 cm³/mol. The van der Waals surface area contributed by atoms with Crippen LogP contribution in [0.4, 0.5) is 0 Å². The third-order valence-electron chi connectivity index (χ3n) is 4.97. The van der Waals surface area contributed by atoms with E-state index in [0.29, 0.717) is 25.8 Å². The van der Waals surface area contributed by atoms with E-state index in [0.717, 1.165) is 0 Å². The van der Waals surface area contributed by atoms with Crippen LogP contribution >= 0.6 is 0 Å². The van der Waals surface area contributed by atoms with E-state index in [2.05, 4.69) is 10.6 Å². The number of likely N-dealkylation sites (tertiary alicyclic amines) is 1. The predicted octanol–water partition coefficient (Wildman–Crippen LogP) is -0.831. The van der Waals surface area contributed by atoms with Crippen molar-refractivity contribution < 1.29 is 34.0 Å². The zero-order valence-corrected chi connectivity index (χ0v) is 15.7. The molecule has 2 aliphatic heterocycles. The van der Waals surface area contributed by atoms with Gasteiger partial charge in [0.1, 0.15) is 0 Å². The molecular weight excluding hydrogens is 381 g/mol. The number of aromatic hydroxyl groups is 1. The molecule has 2 aliphatic rings. The second kappa shape index (κ2) is 9.04. The molecule has 2 heterocycles. The first-order valence-corrected chi connectivity index (χ1v) is 9.38. The molecule has 2 saturated heterocycles. The number of amides is 2. The Hall–Kier alpha value is -2.95. The minimum absolute atomic E-state index is 0.00952. The Labute approximate surface area is 167 Å². The minimum atomic E-state index is -1.34. The average Bonchev–Trinajstić information content (AvgIpc) is 2.65. The van der Waals surface area contributed by atoms with Crippen molar-refractivity contribution in [3.05, 3.63) is 23.3 Å². The molecule has 0 aromatic heterocycles. The molecule has 0 spiro atoms. The summed E-state index contributed by atoms with van der Waals surface area (Å²) in [4.78, 5) is 37.1. The number of hydrogen-bond acceptors (Lipinski definition) is 7. The second-order valence-corrected chi connectivity index (χ2v) is 7.00. The fraction of sp³-hybridized carbons (Fsp3) is 0.500. The number of nitrogens with one attached hydrogen (secondary N) is 2. The van der Waals surface area contributed by atoms with E-state index in [1.165, 1.54) is 17.0 Å². The third kappa shape index (κ3) is 4.73. The van der Waals surface area contributed by atoms with Crippen molar-refractivity contribution in [1.29, 1.82) is 0 Å². The van der Waals surface area contributed by atoms with Gasteiger partial charge in [-0.25, -0.2) is 0 Å². The first kappa shape index (κ1) is 20.8. The van der Waals surface area contributed by atoms with E-state index in [1.54, 1.807) is 0 Å². The molecule has 3 rings (SSSR count). The quantitative estimate of drug-likeness (QED) is 0.412. The standard InChI is InChI=1S/C18H22BN3O7/c23-14(7-12-17(25)21-6-5-20-12)22-8-11(9-22)29-13-2-1-10(3-4-19-28)16(24)15(13)18(26)27/h1-2,11-12,20,24H,3-9H2,(H,21,25)(H,26,27). The monoisotopic (exact) mass is 403 g/mol. The number of aryl methyl sites for hydroxylation is 1. The normalized spacial score (nSPS) is 19.1. The van der Waals surface area contributed by atoms with Gasteiger partial charge in [-0.1, -0.05) is 0 Å². The van der Waals surface area contributed by atoms with Gasteiger partial charge in [0, 0.05) is 13.1 Å². The van der Waals surface area contributed by atoms with Crippen LogP contribution in [0.1, 0.15) is 22.3 Å². The van der Waals surface area contributed by atoms with Gasteiger partial charge in [-0.05, 0) is 0 Å². The van der Waals surface area contributed by atoms with Crippen molar-refractivity contribution in [2.75, 3.05) is 26.2 Å². The summed E-state index contributed by atoms with van der Waals surface area (Å²) in [6.45, 7) is 1.68. The first-order valence-electron chi connectivity index (χ1n) is 9.38. The molecule has 0 radical (unpaired) electrons. The van der Waals surface area contributed by atoms with Crippen LogP contribution in [0, 0.1) is 0 Å². The summed E-state index contributed by atoms with van der Waals surface area (Å²) in [5.41, 5.74) is -0.00762. The van der Waals surface area contributed by atoms with Crippen LogP contribution in [0.15, 0.2) is 12.1 Å². The van der Waals surface area contributed by atoms with Crippen LogP contribution in [0.25, 0.3) is 0 Å². The summed E-state index contributed by atoms with van der Waals surface area (Å²) >= 11 is 0. The molecule has 0 bridgehead atoms. The number of ether oxygens (including phenoxy) is 1. The number of carbonyl (C=O) groups is 3. The molecule has 154 valence electrons. The SMILES string of the molecule is O=BCCc1ccc(OC2CN(C(=O)CC3NCCNC3=O)C2)c(C(=O)O)c1O. The molecule has 1 aromatic carbocycles. The molecule has 0 saturated carbocycles. The number of carbonyl (C=O) groups excluding carboxylic acids is 2. The van der Waals surface area contributed by atoms with Gasteiger partial charge in [0.05, 0.1) is 6.04 Å². The Morgan fingerprint density at radius 3 is 2.69 bits per heavy atom. The Morgan fingerprint density at radius 1 is 1.28 bits per heavy atom. The maximum absolute atomic E-state index is 12.3. The summed E-state index contributed by atoms with van der Waals surface area (Å²) in [5, 5.41) is 25.4. The van der Waals surface area contributed by atoms with Crippen molar-refractivity contribution in [3.8, 4) is 11.5 Å². The van der Waals surface area contributed by atoms with Gasteiger partial charge in [-0.2, -0.15) is 0 Å². The summed E-state index contributed by atoms with van der Waals surface area (Å²) < 4.78 is 16.2. The number of aromatic carboxylic acids is 1. The van der Waals surface area contributed by atoms with Gasteiger partial charge < -0.3 is 10.6 Å². The summed E-state index contributed by atoms with van der Waals surface area (Å²) in [6.07, 6.45) is 0.0287. The van der Waals surface area contributed by atoms with Gasteiger partial charge >= 0.3 is 126 Å². The van der Waals surface area contributed by atoms with E-state index < -0.39 is 23.9 Å². The van der Waals surface area contributed by atoms with Gasteiger partial charge in [-0.15, -0.1) is 0 Å². The number of nitrogens with zero attached hydrogens (tertiary/aromatic N) is 1. The Morgan fingerprint density at radius 2 is 2.03 bits per heavy atom. The fourth-order valence-corrected chi connectivity index (χ4v) is 3.35. The Bertz CT molecular complexity index is 826. The van der Waals surface area contributed by atoms with E-state index in [1.807, 2.05) is 0 Å². The van der Waals surface area contributed by atoms with Gasteiger partial charge in [-0.3, -0.25) is 4.79 Å². The topological polar surface area (TPSA) is 145 Å². The molecule has 2 amide bonds. The number of rotatable bonds is 8. The van der Waals surface area contributed by atoms with E-state index >= 15 is 0 Å². The summed E-state index contributed by atoms with van der Waals surface area (Å²) in [6, 6.07) is 2.42. The maximum atomic E-state index is 12.3. The number of benzene rings is 1. The van der Waals surface area contributed by atoms with Gasteiger partial charge in [0.25, 0.3) is 0 Å². The van der Waals surface area contributed by atoms with Crippen LogP contribution in [-0.4, -0.2) is 78.4 Å². The van der Waals surface area contributed by atoms with E-state index in [4.69, 9.17) is 4.74 Å². The summed E-state index contributed by atoms with van der Waals surface area (Å²) in [5.74, 6) is -2.14. The van der Waals surface area contributed by atoms with Crippen LogP contribution in [0.2, 0.25) is 6.32 Å². The van der Waals surface area contributed by atoms with Crippen LogP contribution in [0.5, 0.6) is 11.5 Å². The number of carboxylic acid groups (broad SMARTS) is 1. The van der Waals surface area contributed by atoms with Crippen molar-refractivity contribution in [2.24, 2.45) is 0 Å². The molecule has 10 nitrogen and oxygen atoms in total. The number of phenols is 1. The van der Waals surface area contributed by atoms with Crippen LogP contribution in [-0.2, 0) is 20.7 Å². The molecule has 1 unspecified atom stereocenters. The zero-order valence-electron chi connectivity index (χ0n) is 15.7. The number of hydrogen-bond donors (Lipinski definition) is 4. The zero-order chi connectivity index (χ0) is 21.0. The van der Waals surface area contributed by atoms with Gasteiger partial charge in [0.2, 0.25) is 5.91 Å². The van der Waals surface area contributed by atoms with Crippen molar-refractivity contribution >= 4 is 24.9 Å². The van der Waals surface area contributed by atoms with Crippen molar-refractivity contribution in [3.63, 3.8) is 0 Å². The van der Waals surface area contributed by atoms with E-state index in [9.17, 15) is 29.3 Å². The summed E-state index contributed by atoms with van der Waals surface area (Å²) in [7, 11) is 0.691. The van der Waals surface area contributed by atoms with Crippen LogP contribution < -0.4 is 15.4 Å². The Kier molecular flexibility index (Phi) is 6.48. The van der Waals surface area contributed by atoms with Gasteiger partial charge in [0.15, 0.2) is 0 Å². The molecule has 29 heavy (non-hydrogen) atoms. The third-order valence-corrected chi connectivity index (χ3v) is 4.97. The fourth-order valence-electron chi connectivity index (χ4n) is 3.35.